The van der Waals surface area contributed by atoms with Crippen LogP contribution in [0.4, 0.5) is 0 Å². The molecule has 0 bridgehead atoms. The van der Waals surface area contributed by atoms with E-state index in [4.69, 9.17) is 4.74 Å². The van der Waals surface area contributed by atoms with E-state index < -0.39 is 6.10 Å². The third-order valence-electron chi connectivity index (χ3n) is 3.27. The molecule has 1 aliphatic carbocycles. The van der Waals surface area contributed by atoms with E-state index in [0.29, 0.717) is 6.42 Å². The van der Waals surface area contributed by atoms with E-state index in [1.807, 2.05) is 13.2 Å². The van der Waals surface area contributed by atoms with E-state index in [1.165, 1.54) is 0 Å². The molecule has 1 heterocycles. The molecule has 0 radical (unpaired) electrons. The number of methoxy groups -OCH3 is 1. The van der Waals surface area contributed by atoms with Gasteiger partial charge in [-0.1, -0.05) is 5.21 Å². The molecule has 15 heavy (non-hydrogen) atoms. The smallest absolute Gasteiger partial charge is 0.0940 e. The molecule has 1 aliphatic rings. The fourth-order valence-corrected chi connectivity index (χ4v) is 2.07. The minimum atomic E-state index is -0.479. The van der Waals surface area contributed by atoms with E-state index in [2.05, 4.69) is 10.3 Å². The fourth-order valence-electron chi connectivity index (χ4n) is 2.07. The third-order valence-corrected chi connectivity index (χ3v) is 3.27. The van der Waals surface area contributed by atoms with Gasteiger partial charge in [-0.25, -0.2) is 0 Å². The summed E-state index contributed by atoms with van der Waals surface area (Å²) < 4.78 is 7.05. The van der Waals surface area contributed by atoms with E-state index in [0.717, 1.165) is 25.0 Å². The Balaban J connectivity index is 1.99. The van der Waals surface area contributed by atoms with Crippen molar-refractivity contribution in [1.82, 2.24) is 15.0 Å². The Morgan fingerprint density at radius 2 is 2.40 bits per heavy atom. The Morgan fingerprint density at radius 3 is 2.80 bits per heavy atom. The molecule has 5 heteroatoms. The van der Waals surface area contributed by atoms with Crippen LogP contribution in [0.2, 0.25) is 0 Å². The first-order chi connectivity index (χ1) is 7.16. The highest BCUT2D eigenvalue weighted by Gasteiger charge is 2.43. The highest BCUT2D eigenvalue weighted by molar-refractivity contribution is 5.03. The van der Waals surface area contributed by atoms with Crippen LogP contribution in [0, 0.1) is 0 Å². The molecule has 1 aromatic heterocycles. The van der Waals surface area contributed by atoms with Gasteiger partial charge in [0.15, 0.2) is 0 Å². The summed E-state index contributed by atoms with van der Waals surface area (Å²) in [7, 11) is 3.48. The Kier molecular flexibility index (Phi) is 2.75. The Labute approximate surface area is 89.0 Å². The van der Waals surface area contributed by atoms with Crippen LogP contribution in [-0.2, 0) is 18.2 Å². The fraction of sp³-hybridized carbons (Fsp3) is 0.800. The molecule has 0 amide bonds. The number of aliphatic hydroxyl groups excluding tert-OH is 1. The van der Waals surface area contributed by atoms with Crippen molar-refractivity contribution in [2.75, 3.05) is 7.11 Å². The van der Waals surface area contributed by atoms with Crippen molar-refractivity contribution in [1.29, 1.82) is 0 Å². The van der Waals surface area contributed by atoms with Crippen LogP contribution in [0.1, 0.15) is 25.0 Å². The maximum atomic E-state index is 10.1. The number of nitrogens with zero attached hydrogens (tertiary/aromatic N) is 3. The second-order valence-corrected chi connectivity index (χ2v) is 4.23. The molecule has 0 spiro atoms. The van der Waals surface area contributed by atoms with Crippen molar-refractivity contribution >= 4 is 0 Å². The summed E-state index contributed by atoms with van der Waals surface area (Å²) in [4.78, 5) is 0. The van der Waals surface area contributed by atoms with E-state index in [9.17, 15) is 5.11 Å². The molecule has 5 nitrogen and oxygen atoms in total. The van der Waals surface area contributed by atoms with E-state index in [-0.39, 0.29) is 5.60 Å². The first-order valence-corrected chi connectivity index (χ1v) is 5.25. The summed E-state index contributed by atoms with van der Waals surface area (Å²) in [6.45, 7) is 0. The number of aryl methyl sites for hydroxylation is 1. The van der Waals surface area contributed by atoms with Gasteiger partial charge in [-0.2, -0.15) is 0 Å². The lowest BCUT2D eigenvalue weighted by Gasteiger charge is -2.43. The van der Waals surface area contributed by atoms with Crippen LogP contribution < -0.4 is 0 Å². The summed E-state index contributed by atoms with van der Waals surface area (Å²) in [6.07, 6.45) is 4.86. The van der Waals surface area contributed by atoms with Crippen LogP contribution in [0.3, 0.4) is 0 Å². The highest BCUT2D eigenvalue weighted by Crippen LogP contribution is 2.38. The SMILES string of the molecule is COC1(C(O)Cc2cn(C)nn2)CCC1. The van der Waals surface area contributed by atoms with Gasteiger partial charge >= 0.3 is 0 Å². The third kappa shape index (κ3) is 1.89. The van der Waals surface area contributed by atoms with Gasteiger partial charge in [-0.3, -0.25) is 4.68 Å². The molecule has 1 unspecified atom stereocenters. The standard InChI is InChI=1S/C10H17N3O2/c1-13-7-8(11-12-13)6-9(14)10(15-2)4-3-5-10/h7,9,14H,3-6H2,1-2H3. The molecular weight excluding hydrogens is 194 g/mol. The zero-order valence-corrected chi connectivity index (χ0v) is 9.18. The van der Waals surface area contributed by atoms with Crippen molar-refractivity contribution in [3.8, 4) is 0 Å². The van der Waals surface area contributed by atoms with Gasteiger partial charge in [0.25, 0.3) is 0 Å². The predicted octanol–water partition coefficient (Wildman–Crippen LogP) is 0.288. The van der Waals surface area contributed by atoms with Crippen molar-refractivity contribution in [3.63, 3.8) is 0 Å². The lowest BCUT2D eigenvalue weighted by molar-refractivity contribution is -0.148. The zero-order chi connectivity index (χ0) is 10.9. The van der Waals surface area contributed by atoms with Crippen LogP contribution in [-0.4, -0.2) is 38.9 Å². The quantitative estimate of drug-likeness (QED) is 0.777. The first kappa shape index (κ1) is 10.6. The lowest BCUT2D eigenvalue weighted by Crippen LogP contribution is -2.50. The van der Waals surface area contributed by atoms with E-state index in [1.54, 1.807) is 11.8 Å². The summed E-state index contributed by atoms with van der Waals surface area (Å²) in [5.41, 5.74) is 0.477. The van der Waals surface area contributed by atoms with Crippen molar-refractivity contribution in [3.05, 3.63) is 11.9 Å². The molecule has 1 fully saturated rings. The van der Waals surface area contributed by atoms with Gasteiger partial charge in [-0.05, 0) is 19.3 Å². The predicted molar refractivity (Wildman–Crippen MR) is 54.3 cm³/mol. The average Bonchev–Trinajstić information content (AvgIpc) is 2.50. The molecule has 1 saturated carbocycles. The largest absolute Gasteiger partial charge is 0.390 e. The summed E-state index contributed by atoms with van der Waals surface area (Å²) >= 11 is 0. The molecule has 1 N–H and O–H groups in total. The topological polar surface area (TPSA) is 60.2 Å². The van der Waals surface area contributed by atoms with Crippen LogP contribution in [0.15, 0.2) is 6.20 Å². The van der Waals surface area contributed by atoms with Crippen molar-refractivity contribution in [2.24, 2.45) is 7.05 Å². The molecule has 0 aromatic carbocycles. The lowest BCUT2D eigenvalue weighted by atomic mass is 9.74. The van der Waals surface area contributed by atoms with Crippen LogP contribution >= 0.6 is 0 Å². The number of ether oxygens (including phenoxy) is 1. The molecule has 1 atom stereocenters. The maximum Gasteiger partial charge on any atom is 0.0940 e. The molecule has 0 aliphatic heterocycles. The molecule has 84 valence electrons. The Hall–Kier alpha value is -0.940. The normalized spacial score (nSPS) is 21.0. The second kappa shape index (κ2) is 3.90. The molecule has 2 rings (SSSR count). The number of hydrogen-bond acceptors (Lipinski definition) is 4. The first-order valence-electron chi connectivity index (χ1n) is 5.25. The molecular formula is C10H17N3O2. The Morgan fingerprint density at radius 1 is 1.67 bits per heavy atom. The second-order valence-electron chi connectivity index (χ2n) is 4.23. The summed E-state index contributed by atoms with van der Waals surface area (Å²) in [6, 6.07) is 0. The number of aromatic nitrogens is 3. The zero-order valence-electron chi connectivity index (χ0n) is 9.18. The van der Waals surface area contributed by atoms with Crippen LogP contribution in [0.25, 0.3) is 0 Å². The van der Waals surface area contributed by atoms with Gasteiger partial charge < -0.3 is 9.84 Å². The van der Waals surface area contributed by atoms with Crippen LogP contribution in [0.5, 0.6) is 0 Å². The minimum Gasteiger partial charge on any atom is -0.390 e. The van der Waals surface area contributed by atoms with Gasteiger partial charge in [0.05, 0.1) is 17.4 Å². The maximum absolute atomic E-state index is 10.1. The van der Waals surface area contributed by atoms with Gasteiger partial charge in [0.2, 0.25) is 0 Å². The summed E-state index contributed by atoms with van der Waals surface area (Å²) in [5, 5.41) is 17.9. The van der Waals surface area contributed by atoms with Gasteiger partial charge in [0, 0.05) is 26.8 Å². The Bertz CT molecular complexity index is 328. The van der Waals surface area contributed by atoms with Crippen molar-refractivity contribution in [2.45, 2.75) is 37.4 Å². The van der Waals surface area contributed by atoms with Gasteiger partial charge in [-0.15, -0.1) is 5.10 Å². The van der Waals surface area contributed by atoms with Crippen molar-refractivity contribution < 1.29 is 9.84 Å². The van der Waals surface area contributed by atoms with Gasteiger partial charge in [0.1, 0.15) is 0 Å². The number of rotatable bonds is 4. The monoisotopic (exact) mass is 211 g/mol. The minimum absolute atomic E-state index is 0.336. The van der Waals surface area contributed by atoms with E-state index >= 15 is 0 Å². The number of aliphatic hydroxyl groups is 1. The number of hydrogen-bond donors (Lipinski definition) is 1. The highest BCUT2D eigenvalue weighted by atomic mass is 16.5. The summed E-state index contributed by atoms with van der Waals surface area (Å²) in [5.74, 6) is 0. The molecule has 0 saturated heterocycles. The average molecular weight is 211 g/mol. The molecule has 1 aromatic rings.